The van der Waals surface area contributed by atoms with Crippen LogP contribution in [0.5, 0.6) is 0 Å². The molecule has 1 unspecified atom stereocenters. The second kappa shape index (κ2) is 9.18. The normalized spacial score (nSPS) is 13.0. The molecule has 30 heavy (non-hydrogen) atoms. The fourth-order valence-corrected chi connectivity index (χ4v) is 4.70. The standard InChI is InChI=1S/C21H28N2O5S2/c1-6-20(17-7-9-19(10-8-17)29(4,25)26)22-21(24)14-23(30(5,27)28)18-12-15(2)11-16(3)13-18/h7-13,20H,6,14H2,1-5H3,(H,22,24). The molecule has 1 atom stereocenters. The molecule has 2 rings (SSSR count). The van der Waals surface area contributed by atoms with E-state index >= 15 is 0 Å². The van der Waals surface area contributed by atoms with Crippen molar-refractivity contribution in [2.24, 2.45) is 0 Å². The van der Waals surface area contributed by atoms with Crippen molar-refractivity contribution in [2.45, 2.75) is 38.1 Å². The van der Waals surface area contributed by atoms with Gasteiger partial charge >= 0.3 is 0 Å². The summed E-state index contributed by atoms with van der Waals surface area (Å²) in [6.45, 7) is 5.27. The first kappa shape index (κ1) is 23.9. The van der Waals surface area contributed by atoms with E-state index in [1.54, 1.807) is 24.3 Å². The number of benzene rings is 2. The number of hydrogen-bond acceptors (Lipinski definition) is 5. The number of nitrogens with zero attached hydrogens (tertiary/aromatic N) is 1. The van der Waals surface area contributed by atoms with E-state index in [0.29, 0.717) is 12.1 Å². The summed E-state index contributed by atoms with van der Waals surface area (Å²) in [5.41, 5.74) is 2.99. The van der Waals surface area contributed by atoms with Crippen LogP contribution in [0.15, 0.2) is 47.4 Å². The monoisotopic (exact) mass is 452 g/mol. The molecular formula is C21H28N2O5S2. The lowest BCUT2D eigenvalue weighted by Crippen LogP contribution is -2.41. The van der Waals surface area contributed by atoms with E-state index in [-0.39, 0.29) is 17.5 Å². The molecule has 7 nitrogen and oxygen atoms in total. The fourth-order valence-electron chi connectivity index (χ4n) is 3.23. The van der Waals surface area contributed by atoms with Crippen LogP contribution in [-0.2, 0) is 24.7 Å². The SMILES string of the molecule is CCC(NC(=O)CN(c1cc(C)cc(C)c1)S(C)(=O)=O)c1ccc(S(C)(=O)=O)cc1. The number of sulfone groups is 1. The molecule has 2 aromatic carbocycles. The third-order valence-corrected chi connectivity index (χ3v) is 6.91. The van der Waals surface area contributed by atoms with Gasteiger partial charge < -0.3 is 5.32 Å². The van der Waals surface area contributed by atoms with E-state index in [9.17, 15) is 21.6 Å². The largest absolute Gasteiger partial charge is 0.348 e. The second-order valence-electron chi connectivity index (χ2n) is 7.49. The number of rotatable bonds is 8. The average Bonchev–Trinajstić information content (AvgIpc) is 2.62. The van der Waals surface area contributed by atoms with Gasteiger partial charge in [0.15, 0.2) is 9.84 Å². The highest BCUT2D eigenvalue weighted by Crippen LogP contribution is 2.22. The molecule has 0 radical (unpaired) electrons. The van der Waals surface area contributed by atoms with E-state index in [1.807, 2.05) is 26.8 Å². The molecule has 0 spiro atoms. The van der Waals surface area contributed by atoms with Gasteiger partial charge in [0.2, 0.25) is 15.9 Å². The summed E-state index contributed by atoms with van der Waals surface area (Å²) in [5.74, 6) is -0.446. The van der Waals surface area contributed by atoms with E-state index < -0.39 is 25.8 Å². The van der Waals surface area contributed by atoms with Crippen LogP contribution in [0.4, 0.5) is 5.69 Å². The van der Waals surface area contributed by atoms with Gasteiger partial charge in [-0.25, -0.2) is 16.8 Å². The maximum atomic E-state index is 12.7. The van der Waals surface area contributed by atoms with E-state index in [0.717, 1.165) is 33.5 Å². The maximum Gasteiger partial charge on any atom is 0.241 e. The number of aryl methyl sites for hydroxylation is 2. The van der Waals surface area contributed by atoms with Crippen LogP contribution in [0.3, 0.4) is 0 Å². The molecule has 0 aliphatic carbocycles. The molecule has 0 aromatic heterocycles. The third kappa shape index (κ3) is 6.30. The number of carbonyl (C=O) groups excluding carboxylic acids is 1. The Morgan fingerprint density at radius 2 is 1.50 bits per heavy atom. The van der Waals surface area contributed by atoms with Crippen molar-refractivity contribution >= 4 is 31.5 Å². The minimum Gasteiger partial charge on any atom is -0.348 e. The lowest BCUT2D eigenvalue weighted by molar-refractivity contribution is -0.120. The summed E-state index contributed by atoms with van der Waals surface area (Å²) >= 11 is 0. The highest BCUT2D eigenvalue weighted by molar-refractivity contribution is 7.92. The minimum atomic E-state index is -3.67. The highest BCUT2D eigenvalue weighted by atomic mass is 32.2. The molecular weight excluding hydrogens is 424 g/mol. The molecule has 1 N–H and O–H groups in total. The Morgan fingerprint density at radius 3 is 1.93 bits per heavy atom. The van der Waals surface area contributed by atoms with Crippen LogP contribution < -0.4 is 9.62 Å². The Hall–Kier alpha value is -2.39. The summed E-state index contributed by atoms with van der Waals surface area (Å²) in [6, 6.07) is 11.3. The Labute approximate surface area is 179 Å². The first-order valence-corrected chi connectivity index (χ1v) is 13.2. The van der Waals surface area contributed by atoms with Gasteiger partial charge in [-0.2, -0.15) is 0 Å². The summed E-state index contributed by atoms with van der Waals surface area (Å²) in [6.07, 6.45) is 2.76. The lowest BCUT2D eigenvalue weighted by atomic mass is 10.0. The molecule has 0 bridgehead atoms. The maximum absolute atomic E-state index is 12.7. The van der Waals surface area contributed by atoms with E-state index in [4.69, 9.17) is 0 Å². The Morgan fingerprint density at radius 1 is 0.967 bits per heavy atom. The summed E-state index contributed by atoms with van der Waals surface area (Å²) in [4.78, 5) is 12.9. The lowest BCUT2D eigenvalue weighted by Gasteiger charge is -2.25. The molecule has 0 saturated carbocycles. The van der Waals surface area contributed by atoms with Gasteiger partial charge in [0.05, 0.1) is 22.9 Å². The third-order valence-electron chi connectivity index (χ3n) is 4.64. The summed E-state index contributed by atoms with van der Waals surface area (Å²) in [7, 11) is -6.98. The zero-order chi connectivity index (χ0) is 22.7. The van der Waals surface area contributed by atoms with Crippen molar-refractivity contribution in [3.63, 3.8) is 0 Å². The van der Waals surface area contributed by atoms with Crippen LogP contribution in [0.2, 0.25) is 0 Å². The number of nitrogens with one attached hydrogen (secondary N) is 1. The molecule has 0 aliphatic heterocycles. The van der Waals surface area contributed by atoms with Crippen molar-refractivity contribution in [1.29, 1.82) is 0 Å². The molecule has 0 fully saturated rings. The highest BCUT2D eigenvalue weighted by Gasteiger charge is 2.23. The first-order chi connectivity index (χ1) is 13.8. The van der Waals surface area contributed by atoms with Gasteiger partial charge in [-0.05, 0) is 61.2 Å². The van der Waals surface area contributed by atoms with Gasteiger partial charge in [-0.15, -0.1) is 0 Å². The Balaban J connectivity index is 2.23. The molecule has 2 aromatic rings. The van der Waals surface area contributed by atoms with Crippen LogP contribution in [0.25, 0.3) is 0 Å². The Bertz CT molecular complexity index is 1100. The number of hydrogen-bond donors (Lipinski definition) is 1. The van der Waals surface area contributed by atoms with Crippen molar-refractivity contribution in [1.82, 2.24) is 5.32 Å². The van der Waals surface area contributed by atoms with Gasteiger partial charge in [0.25, 0.3) is 0 Å². The number of carbonyl (C=O) groups is 1. The van der Waals surface area contributed by atoms with Crippen molar-refractivity contribution in [3.8, 4) is 0 Å². The predicted molar refractivity (Wildman–Crippen MR) is 119 cm³/mol. The second-order valence-corrected chi connectivity index (χ2v) is 11.4. The predicted octanol–water partition coefficient (Wildman–Crippen LogP) is 2.74. The zero-order valence-corrected chi connectivity index (χ0v) is 19.5. The Kier molecular flexibility index (Phi) is 7.31. The molecule has 164 valence electrons. The van der Waals surface area contributed by atoms with E-state index in [2.05, 4.69) is 5.32 Å². The van der Waals surface area contributed by atoms with E-state index in [1.165, 1.54) is 12.1 Å². The fraction of sp³-hybridized carbons (Fsp3) is 0.381. The number of sulfonamides is 1. The zero-order valence-electron chi connectivity index (χ0n) is 17.8. The van der Waals surface area contributed by atoms with Gasteiger partial charge in [-0.1, -0.05) is 25.1 Å². The number of amides is 1. The van der Waals surface area contributed by atoms with Crippen molar-refractivity contribution < 1.29 is 21.6 Å². The van der Waals surface area contributed by atoms with Crippen LogP contribution in [0.1, 0.15) is 36.1 Å². The first-order valence-electron chi connectivity index (χ1n) is 9.46. The minimum absolute atomic E-state index is 0.200. The molecule has 9 heteroatoms. The van der Waals surface area contributed by atoms with Gasteiger partial charge in [0, 0.05) is 6.26 Å². The van der Waals surface area contributed by atoms with Crippen LogP contribution >= 0.6 is 0 Å². The quantitative estimate of drug-likeness (QED) is 0.664. The molecule has 0 heterocycles. The summed E-state index contributed by atoms with van der Waals surface area (Å²) < 4.78 is 49.0. The van der Waals surface area contributed by atoms with Gasteiger partial charge in [0.1, 0.15) is 6.54 Å². The van der Waals surface area contributed by atoms with Crippen molar-refractivity contribution in [2.75, 3.05) is 23.4 Å². The topological polar surface area (TPSA) is 101 Å². The van der Waals surface area contributed by atoms with Crippen LogP contribution in [0, 0.1) is 13.8 Å². The molecule has 1 amide bonds. The van der Waals surface area contributed by atoms with Crippen LogP contribution in [-0.4, -0.2) is 41.8 Å². The number of anilines is 1. The summed E-state index contributed by atoms with van der Waals surface area (Å²) in [5, 5.41) is 2.85. The molecule has 0 aliphatic rings. The van der Waals surface area contributed by atoms with Crippen molar-refractivity contribution in [3.05, 3.63) is 59.2 Å². The molecule has 0 saturated heterocycles. The average molecular weight is 453 g/mol. The smallest absolute Gasteiger partial charge is 0.241 e. The van der Waals surface area contributed by atoms with Gasteiger partial charge in [-0.3, -0.25) is 9.10 Å².